The summed E-state index contributed by atoms with van der Waals surface area (Å²) in [5.41, 5.74) is 1.60. The summed E-state index contributed by atoms with van der Waals surface area (Å²) in [7, 11) is 1.42. The third-order valence-corrected chi connectivity index (χ3v) is 5.75. The number of hydrogen-bond donors (Lipinski definition) is 1. The summed E-state index contributed by atoms with van der Waals surface area (Å²) in [6, 6.07) is 14.7. The summed E-state index contributed by atoms with van der Waals surface area (Å²) < 4.78 is 11.3. The minimum atomic E-state index is -1.02. The molecule has 0 unspecified atom stereocenters. The number of anilines is 1. The number of nitro groups is 1. The van der Waals surface area contributed by atoms with Gasteiger partial charge in [0.2, 0.25) is 0 Å². The number of nitrogens with zero attached hydrogens (tertiary/aromatic N) is 2. The van der Waals surface area contributed by atoms with Gasteiger partial charge in [-0.2, -0.15) is 0 Å². The topological polar surface area (TPSA) is 128 Å². The molecule has 1 saturated heterocycles. The number of imide groups is 2. The van der Waals surface area contributed by atoms with Crippen molar-refractivity contribution < 1.29 is 28.8 Å². The number of ether oxygens (including phenoxy) is 2. The Labute approximate surface area is 216 Å². The van der Waals surface area contributed by atoms with Gasteiger partial charge in [0.25, 0.3) is 17.5 Å². The van der Waals surface area contributed by atoms with E-state index >= 15 is 0 Å². The Hall–Kier alpha value is -4.70. The van der Waals surface area contributed by atoms with Crippen molar-refractivity contribution in [2.45, 2.75) is 13.5 Å². The lowest BCUT2D eigenvalue weighted by Crippen LogP contribution is -2.54. The van der Waals surface area contributed by atoms with Crippen LogP contribution in [0.2, 0.25) is 5.02 Å². The minimum absolute atomic E-state index is 0.0643. The largest absolute Gasteiger partial charge is 0.493 e. The fourth-order valence-electron chi connectivity index (χ4n) is 3.61. The number of amides is 4. The molecular formula is C26H20ClN3O7. The van der Waals surface area contributed by atoms with Gasteiger partial charge in [-0.25, -0.2) is 9.69 Å². The molecule has 188 valence electrons. The van der Waals surface area contributed by atoms with Gasteiger partial charge in [-0.05, 0) is 42.3 Å². The second-order valence-corrected chi connectivity index (χ2v) is 8.45. The number of carbonyl (C=O) groups is 3. The van der Waals surface area contributed by atoms with Gasteiger partial charge in [-0.1, -0.05) is 47.5 Å². The lowest BCUT2D eigenvalue weighted by Gasteiger charge is -2.26. The SMILES string of the molecule is COc1cc(/C=C2\C(=O)NC(=O)N(c3cccc([N+](=O)[O-])c3)C2=O)cc(Cl)c1OCc1ccc(C)cc1. The van der Waals surface area contributed by atoms with Crippen molar-refractivity contribution in [1.29, 1.82) is 0 Å². The Morgan fingerprint density at radius 3 is 2.49 bits per heavy atom. The highest BCUT2D eigenvalue weighted by atomic mass is 35.5. The number of nitro benzene ring substituents is 1. The molecule has 0 spiro atoms. The standard InChI is InChI=1S/C26H20ClN3O7/c1-15-6-8-16(9-7-15)14-37-23-21(27)11-17(12-22(23)36-2)10-20-24(31)28-26(33)29(25(20)32)18-4-3-5-19(13-18)30(34)35/h3-13H,14H2,1-2H3,(H,28,31,33)/b20-10+. The average Bonchev–Trinajstić information content (AvgIpc) is 2.86. The second kappa shape index (κ2) is 10.5. The van der Waals surface area contributed by atoms with Crippen LogP contribution in [0, 0.1) is 17.0 Å². The highest BCUT2D eigenvalue weighted by Crippen LogP contribution is 2.38. The number of rotatable bonds is 7. The van der Waals surface area contributed by atoms with Crippen LogP contribution in [0.15, 0.2) is 66.2 Å². The molecule has 10 nitrogen and oxygen atoms in total. The molecule has 0 bridgehead atoms. The second-order valence-electron chi connectivity index (χ2n) is 8.04. The third-order valence-electron chi connectivity index (χ3n) is 5.47. The highest BCUT2D eigenvalue weighted by Gasteiger charge is 2.37. The summed E-state index contributed by atoms with van der Waals surface area (Å²) in [6.45, 7) is 2.21. The highest BCUT2D eigenvalue weighted by molar-refractivity contribution is 6.39. The van der Waals surface area contributed by atoms with Crippen LogP contribution >= 0.6 is 11.6 Å². The molecule has 37 heavy (non-hydrogen) atoms. The van der Waals surface area contributed by atoms with Crippen LogP contribution < -0.4 is 19.7 Å². The van der Waals surface area contributed by atoms with Crippen LogP contribution in [0.25, 0.3) is 6.08 Å². The first-order valence-electron chi connectivity index (χ1n) is 10.9. The molecule has 1 heterocycles. The maximum Gasteiger partial charge on any atom is 0.335 e. The lowest BCUT2D eigenvalue weighted by atomic mass is 10.1. The van der Waals surface area contributed by atoms with E-state index < -0.39 is 22.8 Å². The van der Waals surface area contributed by atoms with Crippen LogP contribution in [-0.2, 0) is 16.2 Å². The van der Waals surface area contributed by atoms with Gasteiger partial charge in [0.15, 0.2) is 11.5 Å². The molecule has 0 saturated carbocycles. The molecule has 0 radical (unpaired) electrons. The van der Waals surface area contributed by atoms with E-state index in [9.17, 15) is 24.5 Å². The molecule has 1 fully saturated rings. The van der Waals surface area contributed by atoms with Crippen molar-refractivity contribution in [3.05, 3.63) is 98.1 Å². The molecular weight excluding hydrogens is 502 g/mol. The number of hydrogen-bond acceptors (Lipinski definition) is 7. The summed E-state index contributed by atoms with van der Waals surface area (Å²) in [6.07, 6.45) is 1.24. The molecule has 3 aromatic rings. The van der Waals surface area contributed by atoms with E-state index in [1.54, 1.807) is 0 Å². The number of non-ortho nitro benzene ring substituents is 1. The predicted molar refractivity (Wildman–Crippen MR) is 136 cm³/mol. The average molecular weight is 522 g/mol. The Balaban J connectivity index is 1.64. The number of methoxy groups -OCH3 is 1. The summed E-state index contributed by atoms with van der Waals surface area (Å²) in [5, 5.41) is 13.4. The Morgan fingerprint density at radius 1 is 1.08 bits per heavy atom. The van der Waals surface area contributed by atoms with Gasteiger partial charge in [0.05, 0.1) is 22.7 Å². The fourth-order valence-corrected chi connectivity index (χ4v) is 3.88. The van der Waals surface area contributed by atoms with Gasteiger partial charge in [-0.3, -0.25) is 25.0 Å². The van der Waals surface area contributed by atoms with E-state index in [1.807, 2.05) is 31.2 Å². The molecule has 3 aromatic carbocycles. The van der Waals surface area contributed by atoms with Gasteiger partial charge >= 0.3 is 6.03 Å². The molecule has 1 N–H and O–H groups in total. The first-order valence-corrected chi connectivity index (χ1v) is 11.3. The molecule has 1 aliphatic heterocycles. The lowest BCUT2D eigenvalue weighted by molar-refractivity contribution is -0.384. The molecule has 0 aliphatic carbocycles. The quantitative estimate of drug-likeness (QED) is 0.204. The number of carbonyl (C=O) groups excluding carboxylic acids is 3. The number of nitrogens with one attached hydrogen (secondary N) is 1. The van der Waals surface area contributed by atoms with E-state index in [4.69, 9.17) is 21.1 Å². The first-order chi connectivity index (χ1) is 17.7. The Bertz CT molecular complexity index is 1450. The van der Waals surface area contributed by atoms with Gasteiger partial charge in [0.1, 0.15) is 12.2 Å². The molecule has 1 aliphatic rings. The van der Waals surface area contributed by atoms with Crippen molar-refractivity contribution in [3.63, 3.8) is 0 Å². The molecule has 0 aromatic heterocycles. The maximum absolute atomic E-state index is 13.1. The monoisotopic (exact) mass is 521 g/mol. The van der Waals surface area contributed by atoms with Crippen LogP contribution in [0.3, 0.4) is 0 Å². The minimum Gasteiger partial charge on any atom is -0.493 e. The zero-order valence-electron chi connectivity index (χ0n) is 19.7. The van der Waals surface area contributed by atoms with Crippen molar-refractivity contribution >= 4 is 46.9 Å². The Morgan fingerprint density at radius 2 is 1.81 bits per heavy atom. The molecule has 11 heteroatoms. The van der Waals surface area contributed by atoms with Gasteiger partial charge in [-0.15, -0.1) is 0 Å². The third kappa shape index (κ3) is 5.44. The number of halogens is 1. The van der Waals surface area contributed by atoms with E-state index in [0.29, 0.717) is 10.5 Å². The van der Waals surface area contributed by atoms with E-state index in [-0.39, 0.29) is 40.1 Å². The summed E-state index contributed by atoms with van der Waals surface area (Å²) in [5.74, 6) is -1.34. The van der Waals surface area contributed by atoms with Crippen molar-refractivity contribution in [2.75, 3.05) is 12.0 Å². The number of barbiturate groups is 1. The Kier molecular flexibility index (Phi) is 7.21. The summed E-state index contributed by atoms with van der Waals surface area (Å²) >= 11 is 6.44. The van der Waals surface area contributed by atoms with Crippen molar-refractivity contribution in [3.8, 4) is 11.5 Å². The van der Waals surface area contributed by atoms with Crippen LogP contribution in [-0.4, -0.2) is 29.9 Å². The first kappa shape index (κ1) is 25.4. The zero-order chi connectivity index (χ0) is 26.7. The molecule has 4 amide bonds. The summed E-state index contributed by atoms with van der Waals surface area (Å²) in [4.78, 5) is 49.2. The van der Waals surface area contributed by atoms with Gasteiger partial charge < -0.3 is 9.47 Å². The maximum atomic E-state index is 13.1. The number of urea groups is 1. The van der Waals surface area contributed by atoms with E-state index in [2.05, 4.69) is 5.32 Å². The van der Waals surface area contributed by atoms with Crippen LogP contribution in [0.1, 0.15) is 16.7 Å². The molecule has 4 rings (SSSR count). The predicted octanol–water partition coefficient (Wildman–Crippen LogP) is 4.81. The van der Waals surface area contributed by atoms with Crippen LogP contribution in [0.5, 0.6) is 11.5 Å². The normalized spacial score (nSPS) is 14.5. The molecule has 0 atom stereocenters. The smallest absolute Gasteiger partial charge is 0.335 e. The van der Waals surface area contributed by atoms with E-state index in [0.717, 1.165) is 17.2 Å². The fraction of sp³-hybridized carbons (Fsp3) is 0.115. The van der Waals surface area contributed by atoms with Gasteiger partial charge in [0, 0.05) is 12.1 Å². The van der Waals surface area contributed by atoms with Crippen LogP contribution in [0.4, 0.5) is 16.2 Å². The zero-order valence-corrected chi connectivity index (χ0v) is 20.4. The number of benzene rings is 3. The van der Waals surface area contributed by atoms with Crippen molar-refractivity contribution in [2.24, 2.45) is 0 Å². The van der Waals surface area contributed by atoms with Crippen molar-refractivity contribution in [1.82, 2.24) is 5.32 Å². The number of aryl methyl sites for hydroxylation is 1. The van der Waals surface area contributed by atoms with E-state index in [1.165, 1.54) is 43.5 Å².